The molecule has 0 radical (unpaired) electrons. The maximum absolute atomic E-state index is 12.4. The molecule has 1 aliphatic heterocycles. The van der Waals surface area contributed by atoms with Crippen LogP contribution in [0.2, 0.25) is 0 Å². The van der Waals surface area contributed by atoms with E-state index < -0.39 is 0 Å². The number of hydrogen-bond donors (Lipinski definition) is 0. The molecule has 0 bridgehead atoms. The number of rotatable bonds is 7. The SMILES string of the molecule is CN(C)CCOOC(=O)C(c1ccccc1)C1CCSC1.Cl. The molecule has 1 fully saturated rings. The highest BCUT2D eigenvalue weighted by atomic mass is 35.5. The fraction of sp³-hybridized carbons (Fsp3) is 0.562. The lowest BCUT2D eigenvalue weighted by atomic mass is 9.86. The van der Waals surface area contributed by atoms with Crippen LogP contribution in [-0.4, -0.2) is 49.6 Å². The summed E-state index contributed by atoms with van der Waals surface area (Å²) < 4.78 is 0. The molecule has 4 nitrogen and oxygen atoms in total. The van der Waals surface area contributed by atoms with Crippen LogP contribution in [0.25, 0.3) is 0 Å². The number of thioether (sulfide) groups is 1. The fourth-order valence-electron chi connectivity index (χ4n) is 2.45. The van der Waals surface area contributed by atoms with Crippen molar-refractivity contribution in [3.63, 3.8) is 0 Å². The second-order valence-electron chi connectivity index (χ2n) is 5.54. The van der Waals surface area contributed by atoms with E-state index in [-0.39, 0.29) is 24.3 Å². The van der Waals surface area contributed by atoms with Gasteiger partial charge >= 0.3 is 5.97 Å². The summed E-state index contributed by atoms with van der Waals surface area (Å²) in [7, 11) is 3.90. The predicted octanol–water partition coefficient (Wildman–Crippen LogP) is 2.98. The van der Waals surface area contributed by atoms with E-state index in [9.17, 15) is 4.79 Å². The average molecular weight is 346 g/mol. The number of hydrogen-bond acceptors (Lipinski definition) is 5. The van der Waals surface area contributed by atoms with Crippen molar-refractivity contribution >= 4 is 30.1 Å². The van der Waals surface area contributed by atoms with Crippen LogP contribution in [0.1, 0.15) is 17.9 Å². The van der Waals surface area contributed by atoms with E-state index in [1.807, 2.05) is 61.1 Å². The van der Waals surface area contributed by atoms with Crippen molar-refractivity contribution in [1.82, 2.24) is 4.90 Å². The van der Waals surface area contributed by atoms with Crippen molar-refractivity contribution in [2.24, 2.45) is 5.92 Å². The Morgan fingerprint density at radius 3 is 2.68 bits per heavy atom. The zero-order valence-corrected chi connectivity index (χ0v) is 14.7. The quantitative estimate of drug-likeness (QED) is 0.431. The lowest BCUT2D eigenvalue weighted by Crippen LogP contribution is -2.26. The summed E-state index contributed by atoms with van der Waals surface area (Å²) in [4.78, 5) is 24.5. The van der Waals surface area contributed by atoms with Gasteiger partial charge in [-0.05, 0) is 43.5 Å². The monoisotopic (exact) mass is 345 g/mol. The molecule has 2 atom stereocenters. The van der Waals surface area contributed by atoms with Gasteiger partial charge in [0.25, 0.3) is 0 Å². The smallest absolute Gasteiger partial charge is 0.307 e. The van der Waals surface area contributed by atoms with Gasteiger partial charge in [0.2, 0.25) is 0 Å². The van der Waals surface area contributed by atoms with Crippen LogP contribution >= 0.6 is 24.2 Å². The number of carbonyl (C=O) groups excluding carboxylic acids is 1. The number of benzene rings is 1. The molecule has 22 heavy (non-hydrogen) atoms. The van der Waals surface area contributed by atoms with Crippen molar-refractivity contribution < 1.29 is 14.6 Å². The minimum absolute atomic E-state index is 0. The Morgan fingerprint density at radius 1 is 1.36 bits per heavy atom. The van der Waals surface area contributed by atoms with Gasteiger partial charge in [0.15, 0.2) is 0 Å². The summed E-state index contributed by atoms with van der Waals surface area (Å²) in [6, 6.07) is 9.88. The van der Waals surface area contributed by atoms with E-state index in [0.29, 0.717) is 12.5 Å². The second kappa shape index (κ2) is 10.1. The molecule has 2 rings (SSSR count). The molecule has 1 heterocycles. The Kier molecular flexibility index (Phi) is 8.86. The molecule has 0 spiro atoms. The van der Waals surface area contributed by atoms with Crippen LogP contribution in [0.15, 0.2) is 30.3 Å². The van der Waals surface area contributed by atoms with Crippen molar-refractivity contribution in [3.05, 3.63) is 35.9 Å². The first kappa shape index (κ1) is 19.3. The average Bonchev–Trinajstić information content (AvgIpc) is 2.99. The van der Waals surface area contributed by atoms with E-state index >= 15 is 0 Å². The first-order valence-electron chi connectivity index (χ1n) is 7.29. The Hall–Kier alpha value is -0.750. The largest absolute Gasteiger partial charge is 0.350 e. The first-order valence-corrected chi connectivity index (χ1v) is 8.44. The minimum atomic E-state index is -0.271. The van der Waals surface area contributed by atoms with Crippen molar-refractivity contribution in [2.45, 2.75) is 12.3 Å². The highest BCUT2D eigenvalue weighted by molar-refractivity contribution is 7.99. The van der Waals surface area contributed by atoms with Gasteiger partial charge in [-0.2, -0.15) is 16.6 Å². The highest BCUT2D eigenvalue weighted by Crippen LogP contribution is 2.36. The van der Waals surface area contributed by atoms with Crippen LogP contribution in [0.4, 0.5) is 0 Å². The van der Waals surface area contributed by atoms with Gasteiger partial charge in [0.05, 0.1) is 5.92 Å². The lowest BCUT2D eigenvalue weighted by Gasteiger charge is -2.21. The highest BCUT2D eigenvalue weighted by Gasteiger charge is 2.34. The van der Waals surface area contributed by atoms with Crippen LogP contribution in [0.3, 0.4) is 0 Å². The van der Waals surface area contributed by atoms with Crippen LogP contribution in [0.5, 0.6) is 0 Å². The molecule has 124 valence electrons. The summed E-state index contributed by atoms with van der Waals surface area (Å²) in [5.41, 5.74) is 1.02. The molecule has 0 aromatic heterocycles. The van der Waals surface area contributed by atoms with Crippen LogP contribution in [0, 0.1) is 5.92 Å². The minimum Gasteiger partial charge on any atom is -0.307 e. The lowest BCUT2D eigenvalue weighted by molar-refractivity contribution is -0.275. The maximum Gasteiger partial charge on any atom is 0.350 e. The maximum atomic E-state index is 12.4. The third-order valence-corrected chi connectivity index (χ3v) is 4.80. The number of carbonyl (C=O) groups is 1. The summed E-state index contributed by atoms with van der Waals surface area (Å²) in [5, 5.41) is 0. The van der Waals surface area contributed by atoms with Gasteiger partial charge in [-0.1, -0.05) is 30.3 Å². The molecule has 0 aliphatic carbocycles. The number of nitrogens with zero attached hydrogens (tertiary/aromatic N) is 1. The van der Waals surface area contributed by atoms with E-state index in [1.165, 1.54) is 0 Å². The third kappa shape index (κ3) is 5.80. The van der Waals surface area contributed by atoms with E-state index in [1.54, 1.807) is 0 Å². The van der Waals surface area contributed by atoms with E-state index in [2.05, 4.69) is 0 Å². The number of halogens is 1. The standard InChI is InChI=1S/C16H23NO3S.ClH/c1-17(2)9-10-19-20-16(18)15(14-8-11-21-12-14)13-6-4-3-5-7-13;/h3-7,14-15H,8-12H2,1-2H3;1H. The first-order chi connectivity index (χ1) is 10.2. The molecular weight excluding hydrogens is 322 g/mol. The molecule has 0 N–H and O–H groups in total. The summed E-state index contributed by atoms with van der Waals surface area (Å²) in [6.45, 7) is 1.11. The van der Waals surface area contributed by atoms with Gasteiger partial charge < -0.3 is 4.90 Å². The van der Waals surface area contributed by atoms with Crippen LogP contribution < -0.4 is 0 Å². The Bertz CT molecular complexity index is 438. The van der Waals surface area contributed by atoms with Crippen molar-refractivity contribution in [2.75, 3.05) is 38.8 Å². The normalized spacial score (nSPS) is 18.8. The second-order valence-corrected chi connectivity index (χ2v) is 6.69. The Morgan fingerprint density at radius 2 is 2.09 bits per heavy atom. The Balaban J connectivity index is 0.00000242. The number of likely N-dealkylation sites (N-methyl/N-ethyl adjacent to an activating group) is 1. The van der Waals surface area contributed by atoms with Gasteiger partial charge in [0.1, 0.15) is 6.61 Å². The van der Waals surface area contributed by atoms with Gasteiger partial charge in [-0.3, -0.25) is 4.89 Å². The molecule has 1 aliphatic rings. The topological polar surface area (TPSA) is 38.8 Å². The zero-order chi connectivity index (χ0) is 15.1. The molecule has 1 aromatic rings. The van der Waals surface area contributed by atoms with Gasteiger partial charge in [-0.15, -0.1) is 12.4 Å². The fourth-order valence-corrected chi connectivity index (χ4v) is 3.75. The molecule has 1 saturated heterocycles. The third-order valence-electron chi connectivity index (χ3n) is 3.61. The predicted molar refractivity (Wildman–Crippen MR) is 92.5 cm³/mol. The molecule has 6 heteroatoms. The molecular formula is C16H24ClNO3S. The summed E-state index contributed by atoms with van der Waals surface area (Å²) >= 11 is 1.90. The van der Waals surface area contributed by atoms with Gasteiger partial charge in [-0.25, -0.2) is 4.79 Å². The van der Waals surface area contributed by atoms with Crippen molar-refractivity contribution in [1.29, 1.82) is 0 Å². The molecule has 2 unspecified atom stereocenters. The van der Waals surface area contributed by atoms with Crippen molar-refractivity contribution in [3.8, 4) is 0 Å². The van der Waals surface area contributed by atoms with Crippen LogP contribution in [-0.2, 0) is 14.6 Å². The molecule has 0 saturated carbocycles. The zero-order valence-electron chi connectivity index (χ0n) is 13.1. The molecule has 0 amide bonds. The summed E-state index contributed by atoms with van der Waals surface area (Å²) in [6.07, 6.45) is 1.05. The van der Waals surface area contributed by atoms with E-state index in [4.69, 9.17) is 9.78 Å². The summed E-state index contributed by atoms with van der Waals surface area (Å²) in [5.74, 6) is 1.96. The van der Waals surface area contributed by atoms with E-state index in [0.717, 1.165) is 30.0 Å². The van der Waals surface area contributed by atoms with Gasteiger partial charge in [0, 0.05) is 6.54 Å². The molecule has 1 aromatic carbocycles. The Labute approximate surface area is 142 Å².